The molecule has 0 bridgehead atoms. The summed E-state index contributed by atoms with van der Waals surface area (Å²) in [6.45, 7) is 1.57. The Bertz CT molecular complexity index is 418. The predicted octanol–water partition coefficient (Wildman–Crippen LogP) is 1.45. The van der Waals surface area contributed by atoms with Gasteiger partial charge in [-0.15, -0.1) is 0 Å². The molecule has 1 aliphatic rings. The van der Waals surface area contributed by atoms with Gasteiger partial charge in [0.1, 0.15) is 5.75 Å². The Hall–Kier alpha value is -1.55. The molecule has 0 fully saturated rings. The summed E-state index contributed by atoms with van der Waals surface area (Å²) in [5.74, 6) is 0.768. The zero-order valence-electron chi connectivity index (χ0n) is 10.5. The lowest BCUT2D eigenvalue weighted by atomic mass is 10.0. The van der Waals surface area contributed by atoms with E-state index >= 15 is 0 Å². The summed E-state index contributed by atoms with van der Waals surface area (Å²) in [5, 5.41) is 0. The third kappa shape index (κ3) is 3.47. The van der Waals surface area contributed by atoms with Crippen molar-refractivity contribution in [1.82, 2.24) is 0 Å². The number of hydrogen-bond donors (Lipinski definition) is 1. The van der Waals surface area contributed by atoms with Gasteiger partial charge in [0.2, 0.25) is 0 Å². The van der Waals surface area contributed by atoms with Gasteiger partial charge in [0.25, 0.3) is 0 Å². The van der Waals surface area contributed by atoms with E-state index in [2.05, 4.69) is 6.07 Å². The Balaban J connectivity index is 1.84. The molecule has 1 aromatic rings. The normalized spacial score (nSPS) is 13.6. The maximum absolute atomic E-state index is 11.1. The van der Waals surface area contributed by atoms with Crippen LogP contribution in [-0.2, 0) is 22.4 Å². The van der Waals surface area contributed by atoms with E-state index in [1.54, 1.807) is 0 Å². The zero-order valence-corrected chi connectivity index (χ0v) is 10.5. The van der Waals surface area contributed by atoms with Crippen molar-refractivity contribution < 1.29 is 14.3 Å². The highest BCUT2D eigenvalue weighted by Crippen LogP contribution is 2.25. The molecule has 0 spiro atoms. The number of rotatable bonds is 5. The van der Waals surface area contributed by atoms with E-state index in [-0.39, 0.29) is 12.4 Å². The van der Waals surface area contributed by atoms with Crippen molar-refractivity contribution in [1.29, 1.82) is 0 Å². The van der Waals surface area contributed by atoms with Gasteiger partial charge >= 0.3 is 5.97 Å². The van der Waals surface area contributed by atoms with Crippen molar-refractivity contribution in [3.05, 3.63) is 29.3 Å². The molecular weight excluding hydrogens is 230 g/mol. The van der Waals surface area contributed by atoms with Crippen LogP contribution in [0.5, 0.6) is 5.75 Å². The molecule has 1 aliphatic heterocycles. The number of esters is 1. The quantitative estimate of drug-likeness (QED) is 0.802. The molecule has 2 rings (SSSR count). The van der Waals surface area contributed by atoms with E-state index < -0.39 is 0 Å². The molecule has 0 amide bonds. The van der Waals surface area contributed by atoms with E-state index in [4.69, 9.17) is 15.2 Å². The van der Waals surface area contributed by atoms with Crippen LogP contribution in [0.2, 0.25) is 0 Å². The Morgan fingerprint density at radius 1 is 1.44 bits per heavy atom. The molecule has 0 aromatic heterocycles. The summed E-state index contributed by atoms with van der Waals surface area (Å²) in [7, 11) is 0. The van der Waals surface area contributed by atoms with Gasteiger partial charge in [0.05, 0.1) is 19.6 Å². The highest BCUT2D eigenvalue weighted by molar-refractivity contribution is 5.69. The van der Waals surface area contributed by atoms with Crippen LogP contribution < -0.4 is 10.5 Å². The molecular formula is C14H19NO3. The summed E-state index contributed by atoms with van der Waals surface area (Å²) in [6.07, 6.45) is 3.17. The standard InChI is InChI=1S/C14H19NO3/c15-7-5-14(16)18-9-6-11-3-4-13-12(10-11)2-1-8-17-13/h3-4,10H,1-2,5-9,15H2. The Morgan fingerprint density at radius 3 is 3.17 bits per heavy atom. The lowest BCUT2D eigenvalue weighted by Crippen LogP contribution is -2.13. The first kappa shape index (κ1) is 12.9. The molecule has 0 aliphatic carbocycles. The van der Waals surface area contributed by atoms with Gasteiger partial charge in [-0.05, 0) is 30.0 Å². The van der Waals surface area contributed by atoms with Crippen molar-refractivity contribution in [3.63, 3.8) is 0 Å². The second-order valence-electron chi connectivity index (χ2n) is 4.40. The van der Waals surface area contributed by atoms with Crippen LogP contribution in [0.1, 0.15) is 24.0 Å². The zero-order chi connectivity index (χ0) is 12.8. The SMILES string of the molecule is NCCC(=O)OCCc1ccc2c(c1)CCCO2. The topological polar surface area (TPSA) is 61.6 Å². The Kier molecular flexibility index (Phi) is 4.59. The van der Waals surface area contributed by atoms with Crippen LogP contribution in [0.4, 0.5) is 0 Å². The van der Waals surface area contributed by atoms with Crippen LogP contribution in [0.15, 0.2) is 18.2 Å². The monoisotopic (exact) mass is 249 g/mol. The number of hydrogen-bond acceptors (Lipinski definition) is 4. The van der Waals surface area contributed by atoms with E-state index in [0.717, 1.165) is 31.6 Å². The fourth-order valence-corrected chi connectivity index (χ4v) is 2.04. The maximum Gasteiger partial charge on any atom is 0.307 e. The van der Waals surface area contributed by atoms with Crippen molar-refractivity contribution >= 4 is 5.97 Å². The van der Waals surface area contributed by atoms with Crippen LogP contribution in [0.25, 0.3) is 0 Å². The molecule has 2 N–H and O–H groups in total. The van der Waals surface area contributed by atoms with Gasteiger partial charge in [-0.1, -0.05) is 12.1 Å². The minimum absolute atomic E-state index is 0.223. The summed E-state index contributed by atoms with van der Waals surface area (Å²) in [6, 6.07) is 6.18. The van der Waals surface area contributed by atoms with Gasteiger partial charge in [0.15, 0.2) is 0 Å². The summed E-state index contributed by atoms with van der Waals surface area (Å²) < 4.78 is 10.6. The molecule has 18 heavy (non-hydrogen) atoms. The molecule has 0 unspecified atom stereocenters. The first-order valence-corrected chi connectivity index (χ1v) is 6.40. The third-order valence-electron chi connectivity index (χ3n) is 2.98. The number of benzene rings is 1. The van der Waals surface area contributed by atoms with Crippen LogP contribution in [0.3, 0.4) is 0 Å². The van der Waals surface area contributed by atoms with Crippen molar-refractivity contribution in [2.24, 2.45) is 5.73 Å². The Morgan fingerprint density at radius 2 is 2.33 bits per heavy atom. The van der Waals surface area contributed by atoms with Crippen LogP contribution in [0, 0.1) is 0 Å². The van der Waals surface area contributed by atoms with Crippen LogP contribution in [-0.4, -0.2) is 25.7 Å². The highest BCUT2D eigenvalue weighted by Gasteiger charge is 2.10. The number of fused-ring (bicyclic) bond motifs is 1. The molecule has 4 nitrogen and oxygen atoms in total. The van der Waals surface area contributed by atoms with E-state index in [0.29, 0.717) is 13.2 Å². The molecule has 0 saturated carbocycles. The second-order valence-corrected chi connectivity index (χ2v) is 4.40. The smallest absolute Gasteiger partial charge is 0.307 e. The van der Waals surface area contributed by atoms with Crippen LogP contribution >= 0.6 is 0 Å². The summed E-state index contributed by atoms with van der Waals surface area (Å²) >= 11 is 0. The Labute approximate surface area is 107 Å². The number of ether oxygens (including phenoxy) is 2. The van der Waals surface area contributed by atoms with E-state index in [1.165, 1.54) is 11.1 Å². The lowest BCUT2D eigenvalue weighted by Gasteiger charge is -2.17. The third-order valence-corrected chi connectivity index (χ3v) is 2.98. The van der Waals surface area contributed by atoms with Gasteiger partial charge in [-0.2, -0.15) is 0 Å². The molecule has 0 atom stereocenters. The highest BCUT2D eigenvalue weighted by atomic mass is 16.5. The van der Waals surface area contributed by atoms with Crippen molar-refractivity contribution in [2.75, 3.05) is 19.8 Å². The maximum atomic E-state index is 11.1. The lowest BCUT2D eigenvalue weighted by molar-refractivity contribution is -0.143. The fourth-order valence-electron chi connectivity index (χ4n) is 2.04. The molecule has 1 aromatic carbocycles. The van der Waals surface area contributed by atoms with Crippen molar-refractivity contribution in [3.8, 4) is 5.75 Å². The second kappa shape index (κ2) is 6.40. The number of aryl methyl sites for hydroxylation is 1. The van der Waals surface area contributed by atoms with Gasteiger partial charge in [-0.25, -0.2) is 0 Å². The average Bonchev–Trinajstić information content (AvgIpc) is 2.39. The largest absolute Gasteiger partial charge is 0.493 e. The minimum atomic E-state index is -0.223. The molecule has 1 heterocycles. The fraction of sp³-hybridized carbons (Fsp3) is 0.500. The van der Waals surface area contributed by atoms with E-state index in [9.17, 15) is 4.79 Å². The van der Waals surface area contributed by atoms with Crippen molar-refractivity contribution in [2.45, 2.75) is 25.7 Å². The van der Waals surface area contributed by atoms with Gasteiger partial charge in [0, 0.05) is 13.0 Å². The molecule has 0 radical (unpaired) electrons. The number of carbonyl (C=O) groups excluding carboxylic acids is 1. The van der Waals surface area contributed by atoms with E-state index in [1.807, 2.05) is 12.1 Å². The number of nitrogens with two attached hydrogens (primary N) is 1. The molecule has 0 saturated heterocycles. The molecule has 4 heteroatoms. The average molecular weight is 249 g/mol. The summed E-state index contributed by atoms with van der Waals surface area (Å²) in [4.78, 5) is 11.1. The van der Waals surface area contributed by atoms with Gasteiger partial charge in [-0.3, -0.25) is 4.79 Å². The first-order chi connectivity index (χ1) is 8.79. The number of carbonyl (C=O) groups is 1. The first-order valence-electron chi connectivity index (χ1n) is 6.40. The predicted molar refractivity (Wildman–Crippen MR) is 68.6 cm³/mol. The summed E-state index contributed by atoms with van der Waals surface area (Å²) in [5.41, 5.74) is 7.71. The molecule has 98 valence electrons. The van der Waals surface area contributed by atoms with Gasteiger partial charge < -0.3 is 15.2 Å². The minimum Gasteiger partial charge on any atom is -0.493 e.